The second kappa shape index (κ2) is 12.2. The SMILES string of the molecule is CCCN(CCC)c1cc(S(=O)(=O)O)c(N=Nc2nc3ccc(SC(F)(F)C(F)(F)I)cc3s2)cc1OC. The number of thiazole rings is 1. The van der Waals surface area contributed by atoms with Crippen molar-refractivity contribution in [1.29, 1.82) is 0 Å². The molecule has 0 unspecified atom stereocenters. The van der Waals surface area contributed by atoms with E-state index in [0.29, 0.717) is 57.3 Å². The highest BCUT2D eigenvalue weighted by molar-refractivity contribution is 14.1. The molecule has 0 radical (unpaired) electrons. The molecule has 1 aromatic heterocycles. The minimum atomic E-state index is -4.70. The zero-order valence-corrected chi connectivity index (χ0v) is 24.9. The van der Waals surface area contributed by atoms with Crippen LogP contribution in [0.25, 0.3) is 10.2 Å². The molecule has 0 aliphatic carbocycles. The second-order valence-electron chi connectivity index (χ2n) is 7.90. The van der Waals surface area contributed by atoms with Gasteiger partial charge < -0.3 is 9.64 Å². The molecular weight excluding hydrogens is 683 g/mol. The van der Waals surface area contributed by atoms with Gasteiger partial charge in [-0.2, -0.15) is 26.0 Å². The summed E-state index contributed by atoms with van der Waals surface area (Å²) in [4.78, 5) is 5.57. The van der Waals surface area contributed by atoms with Crippen molar-refractivity contribution in [2.24, 2.45) is 10.2 Å². The Kier molecular flexibility index (Phi) is 9.87. The number of aromatic nitrogens is 1. The quantitative estimate of drug-likeness (QED) is 0.0505. The van der Waals surface area contributed by atoms with E-state index in [9.17, 15) is 30.5 Å². The smallest absolute Gasteiger partial charge is 0.369 e. The lowest BCUT2D eigenvalue weighted by molar-refractivity contribution is -0.0699. The van der Waals surface area contributed by atoms with E-state index >= 15 is 0 Å². The maximum absolute atomic E-state index is 13.8. The fourth-order valence-electron chi connectivity index (χ4n) is 3.43. The van der Waals surface area contributed by atoms with Gasteiger partial charge in [-0.05, 0) is 48.9 Å². The maximum atomic E-state index is 13.8. The van der Waals surface area contributed by atoms with Gasteiger partial charge in [-0.25, -0.2) is 4.98 Å². The van der Waals surface area contributed by atoms with E-state index in [4.69, 9.17) is 4.74 Å². The van der Waals surface area contributed by atoms with E-state index in [1.54, 1.807) is 0 Å². The van der Waals surface area contributed by atoms with Crippen molar-refractivity contribution < 1.29 is 35.3 Å². The van der Waals surface area contributed by atoms with Crippen LogP contribution in [-0.4, -0.2) is 47.3 Å². The van der Waals surface area contributed by atoms with Crippen LogP contribution in [0.4, 0.5) is 34.1 Å². The highest BCUT2D eigenvalue weighted by Gasteiger charge is 2.55. The van der Waals surface area contributed by atoms with Gasteiger partial charge in [0, 0.05) is 46.6 Å². The number of hydrogen-bond donors (Lipinski definition) is 1. The Balaban J connectivity index is 2.00. The van der Waals surface area contributed by atoms with Crippen LogP contribution in [0.2, 0.25) is 0 Å². The minimum Gasteiger partial charge on any atom is -0.495 e. The molecule has 0 atom stereocenters. The summed E-state index contributed by atoms with van der Waals surface area (Å²) >= 11 is 1.06. The van der Waals surface area contributed by atoms with Gasteiger partial charge in [0.25, 0.3) is 10.1 Å². The number of benzene rings is 2. The van der Waals surface area contributed by atoms with Gasteiger partial charge in [0.15, 0.2) is 0 Å². The van der Waals surface area contributed by atoms with E-state index in [2.05, 4.69) is 15.2 Å². The number of alkyl halides is 5. The number of thioether (sulfide) groups is 1. The minimum absolute atomic E-state index is 0.0519. The van der Waals surface area contributed by atoms with Crippen LogP contribution in [0.15, 0.2) is 50.4 Å². The zero-order chi connectivity index (χ0) is 28.3. The van der Waals surface area contributed by atoms with Crippen molar-refractivity contribution in [1.82, 2.24) is 4.98 Å². The van der Waals surface area contributed by atoms with Crippen LogP contribution in [0.1, 0.15) is 26.7 Å². The lowest BCUT2D eigenvalue weighted by Gasteiger charge is -2.26. The Labute approximate surface area is 238 Å². The molecule has 1 heterocycles. The monoisotopic (exact) mass is 706 g/mol. The number of halogens is 5. The molecule has 0 aliphatic heterocycles. The fraction of sp³-hybridized carbons (Fsp3) is 0.409. The van der Waals surface area contributed by atoms with Crippen LogP contribution < -0.4 is 9.64 Å². The standard InChI is InChI=1S/C22H23F4IN4O4S3/c1-4-8-31(9-5-2)16-12-19(38(32,33)34)15(11-17(16)35-3)29-30-20-28-14-7-6-13(10-18(14)36-20)37-22(25,26)21(23,24)27/h6-7,10-12H,4-5,8-9H2,1-3H3,(H,32,33,34). The highest BCUT2D eigenvalue weighted by Crippen LogP contribution is 2.50. The molecule has 0 bridgehead atoms. The van der Waals surface area contributed by atoms with Crippen LogP contribution in [0.5, 0.6) is 5.75 Å². The molecule has 0 spiro atoms. The normalized spacial score (nSPS) is 13.0. The average Bonchev–Trinajstić information content (AvgIpc) is 3.22. The first-order valence-corrected chi connectivity index (χ1v) is 15.3. The summed E-state index contributed by atoms with van der Waals surface area (Å²) in [5.41, 5.74) is 0.637. The molecule has 2 aromatic carbocycles. The second-order valence-corrected chi connectivity index (χ2v) is 12.8. The van der Waals surface area contributed by atoms with Crippen LogP contribution in [0.3, 0.4) is 0 Å². The lowest BCUT2D eigenvalue weighted by atomic mass is 10.2. The summed E-state index contributed by atoms with van der Waals surface area (Å²) in [7, 11) is -3.28. The Bertz CT molecular complexity index is 1430. The van der Waals surface area contributed by atoms with Crippen LogP contribution in [-0.2, 0) is 10.1 Å². The van der Waals surface area contributed by atoms with Crippen molar-refractivity contribution in [2.75, 3.05) is 25.1 Å². The molecule has 0 saturated carbocycles. The lowest BCUT2D eigenvalue weighted by Crippen LogP contribution is -2.30. The third-order valence-electron chi connectivity index (χ3n) is 5.03. The van der Waals surface area contributed by atoms with Gasteiger partial charge in [-0.15, -0.1) is 10.2 Å². The number of anilines is 1. The molecule has 0 amide bonds. The number of azo groups is 1. The topological polar surface area (TPSA) is 104 Å². The van der Waals surface area contributed by atoms with Gasteiger partial charge in [-0.3, -0.25) is 4.55 Å². The summed E-state index contributed by atoms with van der Waals surface area (Å²) in [5.74, 6) is 0.326. The average molecular weight is 707 g/mol. The molecule has 1 N–H and O–H groups in total. The molecule has 0 aliphatic rings. The van der Waals surface area contributed by atoms with E-state index < -0.39 is 24.2 Å². The summed E-state index contributed by atoms with van der Waals surface area (Å²) in [6, 6.07) is 6.52. The molecule has 16 heteroatoms. The molecule has 208 valence electrons. The van der Waals surface area contributed by atoms with Crippen molar-refractivity contribution in [3.05, 3.63) is 30.3 Å². The summed E-state index contributed by atoms with van der Waals surface area (Å²) < 4.78 is 89.7. The Morgan fingerprint density at radius 1 is 1.13 bits per heavy atom. The first-order chi connectivity index (χ1) is 17.7. The predicted octanol–water partition coefficient (Wildman–Crippen LogP) is 8.31. The van der Waals surface area contributed by atoms with Crippen molar-refractivity contribution in [3.63, 3.8) is 0 Å². The zero-order valence-electron chi connectivity index (χ0n) is 20.3. The van der Waals surface area contributed by atoms with Crippen LogP contribution in [0, 0.1) is 0 Å². The summed E-state index contributed by atoms with van der Waals surface area (Å²) in [6.45, 7) is 5.21. The van der Waals surface area contributed by atoms with E-state index in [-0.39, 0.29) is 27.5 Å². The molecule has 3 rings (SSSR count). The largest absolute Gasteiger partial charge is 0.495 e. The Hall–Kier alpha value is -1.76. The molecular formula is C22H23F4IN4O4S3. The van der Waals surface area contributed by atoms with Crippen molar-refractivity contribution >= 4 is 82.5 Å². The maximum Gasteiger partial charge on any atom is 0.369 e. The first kappa shape index (κ1) is 30.8. The first-order valence-electron chi connectivity index (χ1n) is 11.1. The van der Waals surface area contributed by atoms with E-state index in [1.165, 1.54) is 37.4 Å². The summed E-state index contributed by atoms with van der Waals surface area (Å²) in [5, 5.41) is 3.66. The number of methoxy groups -OCH3 is 1. The van der Waals surface area contributed by atoms with Gasteiger partial charge >= 0.3 is 9.18 Å². The third-order valence-corrected chi connectivity index (χ3v) is 8.87. The van der Waals surface area contributed by atoms with Gasteiger partial charge in [0.2, 0.25) is 5.13 Å². The number of rotatable bonds is 12. The van der Waals surface area contributed by atoms with Crippen molar-refractivity contribution in [3.8, 4) is 5.75 Å². The number of ether oxygens (including phenoxy) is 1. The number of fused-ring (bicyclic) bond motifs is 1. The molecule has 8 nitrogen and oxygen atoms in total. The van der Waals surface area contributed by atoms with Crippen LogP contribution >= 0.6 is 45.7 Å². The predicted molar refractivity (Wildman–Crippen MR) is 149 cm³/mol. The molecule has 38 heavy (non-hydrogen) atoms. The van der Waals surface area contributed by atoms with E-state index in [0.717, 1.165) is 24.2 Å². The molecule has 0 saturated heterocycles. The highest BCUT2D eigenvalue weighted by atomic mass is 127. The number of nitrogens with zero attached hydrogens (tertiary/aromatic N) is 4. The van der Waals surface area contributed by atoms with Gasteiger partial charge in [0.1, 0.15) is 16.3 Å². The Morgan fingerprint density at radius 2 is 1.79 bits per heavy atom. The molecule has 3 aromatic rings. The number of hydrogen-bond acceptors (Lipinski definition) is 9. The fourth-order valence-corrected chi connectivity index (χ4v) is 6.01. The van der Waals surface area contributed by atoms with E-state index in [1.807, 2.05) is 18.7 Å². The Morgan fingerprint density at radius 3 is 2.34 bits per heavy atom. The molecule has 0 fully saturated rings. The van der Waals surface area contributed by atoms with Gasteiger partial charge in [-0.1, -0.05) is 25.2 Å². The summed E-state index contributed by atoms with van der Waals surface area (Å²) in [6.07, 6.45) is 1.59. The van der Waals surface area contributed by atoms with Gasteiger partial charge in [0.05, 0.1) is 23.0 Å². The van der Waals surface area contributed by atoms with Crippen molar-refractivity contribution in [2.45, 2.75) is 45.7 Å². The third kappa shape index (κ3) is 7.25.